The van der Waals surface area contributed by atoms with Crippen LogP contribution in [0.5, 0.6) is 0 Å². The van der Waals surface area contributed by atoms with Gasteiger partial charge in [-0.3, -0.25) is 9.69 Å². The molecule has 4 nitrogen and oxygen atoms in total. The van der Waals surface area contributed by atoms with Gasteiger partial charge in [0.15, 0.2) is 0 Å². The molecule has 0 aromatic heterocycles. The lowest BCUT2D eigenvalue weighted by atomic mass is 9.96. The molecule has 3 N–H and O–H groups in total. The minimum atomic E-state index is -0.778. The van der Waals surface area contributed by atoms with Crippen LogP contribution in [0.2, 0.25) is 0 Å². The molecule has 0 aromatic carbocycles. The van der Waals surface area contributed by atoms with Crippen molar-refractivity contribution in [1.82, 2.24) is 4.90 Å². The summed E-state index contributed by atoms with van der Waals surface area (Å²) < 4.78 is 0. The number of hydrogen-bond acceptors (Lipinski definition) is 3. The molecule has 1 aliphatic carbocycles. The quantitative estimate of drug-likeness (QED) is 0.649. The van der Waals surface area contributed by atoms with E-state index in [1.54, 1.807) is 0 Å². The van der Waals surface area contributed by atoms with E-state index >= 15 is 0 Å². The van der Waals surface area contributed by atoms with Crippen LogP contribution in [-0.4, -0.2) is 40.6 Å². The van der Waals surface area contributed by atoms with Gasteiger partial charge >= 0.3 is 5.97 Å². The second kappa shape index (κ2) is 2.96. The SMILES string of the molecule is NC1(CC(=O)O)CCN(C2CC2)C1. The normalized spacial score (nSPS) is 35.2. The predicted molar refractivity (Wildman–Crippen MR) is 48.4 cm³/mol. The molecule has 1 heterocycles. The Bertz CT molecular complexity index is 228. The summed E-state index contributed by atoms with van der Waals surface area (Å²) in [6.45, 7) is 1.75. The van der Waals surface area contributed by atoms with Gasteiger partial charge in [0.2, 0.25) is 0 Å². The Balaban J connectivity index is 1.90. The summed E-state index contributed by atoms with van der Waals surface area (Å²) in [7, 11) is 0. The lowest BCUT2D eigenvalue weighted by Gasteiger charge is -2.22. The fraction of sp³-hybridized carbons (Fsp3) is 0.889. The highest BCUT2D eigenvalue weighted by atomic mass is 16.4. The summed E-state index contributed by atoms with van der Waals surface area (Å²) in [5.74, 6) is -0.778. The van der Waals surface area contributed by atoms with Crippen LogP contribution in [0.25, 0.3) is 0 Å². The van der Waals surface area contributed by atoms with E-state index in [1.165, 1.54) is 12.8 Å². The standard InChI is InChI=1S/C9H16N2O2/c10-9(5-8(12)13)3-4-11(6-9)7-1-2-7/h7H,1-6,10H2,(H,12,13). The minimum absolute atomic E-state index is 0.107. The first-order valence-electron chi connectivity index (χ1n) is 4.84. The molecule has 4 heteroatoms. The highest BCUT2D eigenvalue weighted by Gasteiger charge is 2.41. The average molecular weight is 184 g/mol. The van der Waals surface area contributed by atoms with Crippen LogP contribution >= 0.6 is 0 Å². The molecule has 2 rings (SSSR count). The lowest BCUT2D eigenvalue weighted by Crippen LogP contribution is -2.44. The molecular weight excluding hydrogens is 168 g/mol. The molecule has 1 aliphatic heterocycles. The number of likely N-dealkylation sites (tertiary alicyclic amines) is 1. The third-order valence-electron chi connectivity index (χ3n) is 2.98. The summed E-state index contributed by atoms with van der Waals surface area (Å²) in [6.07, 6.45) is 3.47. The largest absolute Gasteiger partial charge is 0.481 e. The van der Waals surface area contributed by atoms with Crippen molar-refractivity contribution in [2.45, 2.75) is 37.3 Å². The Morgan fingerprint density at radius 2 is 2.31 bits per heavy atom. The van der Waals surface area contributed by atoms with Crippen molar-refractivity contribution in [3.8, 4) is 0 Å². The monoisotopic (exact) mass is 184 g/mol. The van der Waals surface area contributed by atoms with Gasteiger partial charge in [0.1, 0.15) is 0 Å². The smallest absolute Gasteiger partial charge is 0.305 e. The van der Waals surface area contributed by atoms with Crippen molar-refractivity contribution in [3.63, 3.8) is 0 Å². The molecule has 1 atom stereocenters. The minimum Gasteiger partial charge on any atom is -0.481 e. The summed E-state index contributed by atoms with van der Waals surface area (Å²) in [5.41, 5.74) is 5.53. The number of nitrogens with two attached hydrogens (primary N) is 1. The second-order valence-corrected chi connectivity index (χ2v) is 4.38. The number of nitrogens with zero attached hydrogens (tertiary/aromatic N) is 1. The molecule has 0 spiro atoms. The highest BCUT2D eigenvalue weighted by Crippen LogP contribution is 2.33. The van der Waals surface area contributed by atoms with Gasteiger partial charge in [0, 0.05) is 24.7 Å². The van der Waals surface area contributed by atoms with Gasteiger partial charge in [0.25, 0.3) is 0 Å². The van der Waals surface area contributed by atoms with E-state index in [9.17, 15) is 4.79 Å². The Hall–Kier alpha value is -0.610. The van der Waals surface area contributed by atoms with Crippen molar-refractivity contribution in [1.29, 1.82) is 0 Å². The van der Waals surface area contributed by atoms with Crippen molar-refractivity contribution in [2.75, 3.05) is 13.1 Å². The first-order valence-corrected chi connectivity index (χ1v) is 4.84. The molecule has 74 valence electrons. The van der Waals surface area contributed by atoms with Crippen LogP contribution in [0.4, 0.5) is 0 Å². The zero-order chi connectivity index (χ0) is 9.47. The average Bonchev–Trinajstić information content (AvgIpc) is 2.75. The summed E-state index contributed by atoms with van der Waals surface area (Å²) >= 11 is 0. The van der Waals surface area contributed by atoms with Crippen LogP contribution in [0, 0.1) is 0 Å². The predicted octanol–water partition coefficient (Wildman–Crippen LogP) is 0.0267. The molecule has 0 radical (unpaired) electrons. The first-order chi connectivity index (χ1) is 6.09. The fourth-order valence-corrected chi connectivity index (χ4v) is 2.13. The van der Waals surface area contributed by atoms with Crippen LogP contribution in [0.1, 0.15) is 25.7 Å². The number of hydrogen-bond donors (Lipinski definition) is 2. The highest BCUT2D eigenvalue weighted by molar-refractivity contribution is 5.68. The Morgan fingerprint density at radius 1 is 1.62 bits per heavy atom. The zero-order valence-electron chi connectivity index (χ0n) is 7.70. The number of carbonyl (C=O) groups is 1. The van der Waals surface area contributed by atoms with Crippen molar-refractivity contribution in [3.05, 3.63) is 0 Å². The number of carboxylic acid groups (broad SMARTS) is 1. The Kier molecular flexibility index (Phi) is 2.04. The summed E-state index contributed by atoms with van der Waals surface area (Å²) in [5, 5.41) is 8.68. The van der Waals surface area contributed by atoms with Crippen molar-refractivity contribution < 1.29 is 9.90 Å². The van der Waals surface area contributed by atoms with Crippen molar-refractivity contribution >= 4 is 5.97 Å². The van der Waals surface area contributed by atoms with Crippen LogP contribution in [-0.2, 0) is 4.79 Å². The van der Waals surface area contributed by atoms with Gasteiger partial charge in [-0.15, -0.1) is 0 Å². The summed E-state index contributed by atoms with van der Waals surface area (Å²) in [4.78, 5) is 12.9. The van der Waals surface area contributed by atoms with E-state index in [4.69, 9.17) is 10.8 Å². The van der Waals surface area contributed by atoms with E-state index in [1.807, 2.05) is 0 Å². The molecule has 1 unspecified atom stereocenters. The van der Waals surface area contributed by atoms with Gasteiger partial charge in [-0.1, -0.05) is 0 Å². The first kappa shape index (κ1) is 8.97. The van der Waals surface area contributed by atoms with Gasteiger partial charge < -0.3 is 10.8 Å². The number of carboxylic acids is 1. The lowest BCUT2D eigenvalue weighted by molar-refractivity contribution is -0.138. The molecule has 2 fully saturated rings. The molecule has 0 aromatic rings. The third kappa shape index (κ3) is 2.00. The molecule has 1 saturated carbocycles. The van der Waals surface area contributed by atoms with Crippen LogP contribution in [0.15, 0.2) is 0 Å². The van der Waals surface area contributed by atoms with Gasteiger partial charge in [0.05, 0.1) is 6.42 Å². The Morgan fingerprint density at radius 3 is 2.85 bits per heavy atom. The topological polar surface area (TPSA) is 66.6 Å². The maximum Gasteiger partial charge on any atom is 0.305 e. The van der Waals surface area contributed by atoms with E-state index in [2.05, 4.69) is 4.90 Å². The molecule has 1 saturated heterocycles. The van der Waals surface area contributed by atoms with Gasteiger partial charge in [-0.2, -0.15) is 0 Å². The van der Waals surface area contributed by atoms with Crippen LogP contribution in [0.3, 0.4) is 0 Å². The fourth-order valence-electron chi connectivity index (χ4n) is 2.13. The molecule has 0 amide bonds. The second-order valence-electron chi connectivity index (χ2n) is 4.38. The van der Waals surface area contributed by atoms with Gasteiger partial charge in [-0.05, 0) is 19.3 Å². The Labute approximate surface area is 77.7 Å². The van der Waals surface area contributed by atoms with E-state index in [0.29, 0.717) is 6.04 Å². The van der Waals surface area contributed by atoms with E-state index < -0.39 is 11.5 Å². The summed E-state index contributed by atoms with van der Waals surface area (Å²) in [6, 6.07) is 0.708. The zero-order valence-corrected chi connectivity index (χ0v) is 7.70. The molecule has 13 heavy (non-hydrogen) atoms. The van der Waals surface area contributed by atoms with E-state index in [0.717, 1.165) is 19.5 Å². The van der Waals surface area contributed by atoms with Crippen LogP contribution < -0.4 is 5.73 Å². The van der Waals surface area contributed by atoms with E-state index in [-0.39, 0.29) is 6.42 Å². The third-order valence-corrected chi connectivity index (χ3v) is 2.98. The number of aliphatic carboxylic acids is 1. The maximum atomic E-state index is 10.6. The molecule has 0 bridgehead atoms. The maximum absolute atomic E-state index is 10.6. The van der Waals surface area contributed by atoms with Crippen molar-refractivity contribution in [2.24, 2.45) is 5.73 Å². The molecule has 2 aliphatic rings. The number of rotatable bonds is 3. The van der Waals surface area contributed by atoms with Gasteiger partial charge in [-0.25, -0.2) is 0 Å². The molecular formula is C9H16N2O2.